The van der Waals surface area contributed by atoms with Gasteiger partial charge >= 0.3 is 12.1 Å². The van der Waals surface area contributed by atoms with Gasteiger partial charge in [-0.3, -0.25) is 0 Å². The second-order valence-corrected chi connectivity index (χ2v) is 8.11. The Kier molecular flexibility index (Phi) is 6.51. The van der Waals surface area contributed by atoms with Crippen LogP contribution in [0.15, 0.2) is 77.5 Å². The molecule has 1 atom stereocenters. The molecule has 0 saturated heterocycles. The number of para-hydroxylation sites is 1. The summed E-state index contributed by atoms with van der Waals surface area (Å²) in [6, 6.07) is 18.7. The number of methoxy groups -OCH3 is 1. The summed E-state index contributed by atoms with van der Waals surface area (Å²) in [5.74, 6) is 1.01. The molecule has 0 amide bonds. The molecule has 0 aliphatic carbocycles. The number of rotatable bonds is 7. The Labute approximate surface area is 212 Å². The topological polar surface area (TPSA) is 113 Å². The molecule has 1 unspecified atom stereocenters. The number of ether oxygens (including phenoxy) is 5. The first-order chi connectivity index (χ1) is 18.0. The number of carbonyl (C=O) groups is 2. The predicted octanol–water partition coefficient (Wildman–Crippen LogP) is 5.40. The van der Waals surface area contributed by atoms with Gasteiger partial charge in [-0.05, 0) is 31.2 Å². The minimum Gasteiger partial charge on any atom is -0.497 e. The van der Waals surface area contributed by atoms with Gasteiger partial charge in [0.05, 0.1) is 24.9 Å². The zero-order chi connectivity index (χ0) is 25.9. The van der Waals surface area contributed by atoms with Crippen molar-refractivity contribution < 1.29 is 38.4 Å². The molecule has 188 valence electrons. The summed E-state index contributed by atoms with van der Waals surface area (Å²) in [4.78, 5) is 28.5. The Morgan fingerprint density at radius 1 is 1.05 bits per heavy atom. The Balaban J connectivity index is 1.57. The predicted molar refractivity (Wildman–Crippen MR) is 133 cm³/mol. The van der Waals surface area contributed by atoms with E-state index in [4.69, 9.17) is 23.7 Å². The molecule has 3 aromatic carbocycles. The lowest BCUT2D eigenvalue weighted by Crippen LogP contribution is -2.15. The third-order valence-electron chi connectivity index (χ3n) is 5.92. The van der Waals surface area contributed by atoms with E-state index in [1.165, 1.54) is 13.2 Å². The van der Waals surface area contributed by atoms with Crippen molar-refractivity contribution in [3.63, 3.8) is 0 Å². The van der Waals surface area contributed by atoms with Gasteiger partial charge in [0, 0.05) is 22.8 Å². The lowest BCUT2D eigenvalue weighted by atomic mass is 10.0. The van der Waals surface area contributed by atoms with Crippen LogP contribution in [0.4, 0.5) is 4.79 Å². The van der Waals surface area contributed by atoms with Crippen LogP contribution in [0.3, 0.4) is 0 Å². The van der Waals surface area contributed by atoms with Crippen LogP contribution in [0.25, 0.3) is 5.57 Å². The van der Waals surface area contributed by atoms with Gasteiger partial charge in [0.25, 0.3) is 0 Å². The highest BCUT2D eigenvalue weighted by molar-refractivity contribution is 6.25. The number of fused-ring (bicyclic) bond motifs is 3. The van der Waals surface area contributed by atoms with E-state index in [2.05, 4.69) is 4.99 Å². The third kappa shape index (κ3) is 4.58. The molecular formula is C28H23NO8. The van der Waals surface area contributed by atoms with Crippen LogP contribution in [-0.2, 0) is 16.1 Å². The van der Waals surface area contributed by atoms with Crippen molar-refractivity contribution in [1.82, 2.24) is 0 Å². The van der Waals surface area contributed by atoms with Crippen molar-refractivity contribution in [2.45, 2.75) is 19.6 Å². The molecular weight excluding hydrogens is 478 g/mol. The van der Waals surface area contributed by atoms with Crippen LogP contribution < -0.4 is 14.2 Å². The number of carboxylic acid groups (broad SMARTS) is 1. The summed E-state index contributed by atoms with van der Waals surface area (Å²) in [5.41, 5.74) is 2.42. The molecule has 3 aromatic rings. The molecule has 5 rings (SSSR count). The van der Waals surface area contributed by atoms with Crippen molar-refractivity contribution in [1.29, 1.82) is 0 Å². The van der Waals surface area contributed by atoms with E-state index in [1.54, 1.807) is 43.3 Å². The average Bonchev–Trinajstić information content (AvgIpc) is 3.43. The first-order valence-corrected chi connectivity index (χ1v) is 11.6. The van der Waals surface area contributed by atoms with Gasteiger partial charge in [0.1, 0.15) is 35.7 Å². The highest BCUT2D eigenvalue weighted by Crippen LogP contribution is 2.50. The monoisotopic (exact) mass is 501 g/mol. The molecule has 0 spiro atoms. The summed E-state index contributed by atoms with van der Waals surface area (Å²) in [7, 11) is 1.53. The minimum absolute atomic E-state index is 0.0268. The van der Waals surface area contributed by atoms with E-state index in [0.29, 0.717) is 39.7 Å². The molecule has 2 aliphatic heterocycles. The van der Waals surface area contributed by atoms with Crippen molar-refractivity contribution in [2.75, 3.05) is 13.7 Å². The molecule has 2 aliphatic rings. The Bertz CT molecular complexity index is 1440. The van der Waals surface area contributed by atoms with E-state index in [-0.39, 0.29) is 24.7 Å². The Hall–Kier alpha value is -4.79. The molecule has 0 radical (unpaired) electrons. The normalized spacial score (nSPS) is 15.3. The molecule has 1 N–H and O–H groups in total. The number of carboxylic acids is 1. The van der Waals surface area contributed by atoms with Crippen molar-refractivity contribution in [3.05, 3.63) is 94.7 Å². The van der Waals surface area contributed by atoms with Crippen molar-refractivity contribution in [2.24, 2.45) is 4.99 Å². The van der Waals surface area contributed by atoms with Gasteiger partial charge in [0.15, 0.2) is 0 Å². The highest BCUT2D eigenvalue weighted by Gasteiger charge is 2.41. The number of carbonyl (C=O) groups excluding carboxylic acids is 1. The molecule has 37 heavy (non-hydrogen) atoms. The second kappa shape index (κ2) is 10.1. The zero-order valence-electron chi connectivity index (χ0n) is 20.1. The maximum absolute atomic E-state index is 12.2. The molecule has 0 fully saturated rings. The van der Waals surface area contributed by atoms with Crippen LogP contribution in [0.1, 0.15) is 40.0 Å². The van der Waals surface area contributed by atoms with Gasteiger partial charge in [-0.2, -0.15) is 0 Å². The van der Waals surface area contributed by atoms with Crippen molar-refractivity contribution >= 4 is 23.6 Å². The fourth-order valence-corrected chi connectivity index (χ4v) is 4.24. The van der Waals surface area contributed by atoms with Gasteiger partial charge < -0.3 is 28.8 Å². The number of hydrogen-bond donors (Lipinski definition) is 1. The Morgan fingerprint density at radius 2 is 1.84 bits per heavy atom. The highest BCUT2D eigenvalue weighted by atomic mass is 16.7. The first-order valence-electron chi connectivity index (χ1n) is 11.6. The smallest absolute Gasteiger partial charge is 0.497 e. The molecule has 0 bridgehead atoms. The van der Waals surface area contributed by atoms with Gasteiger partial charge in [0.2, 0.25) is 5.90 Å². The summed E-state index contributed by atoms with van der Waals surface area (Å²) in [5, 5.41) is 9.55. The molecule has 0 aromatic heterocycles. The number of aliphatic imine (C=N–C) groups is 1. The molecule has 2 heterocycles. The van der Waals surface area contributed by atoms with Gasteiger partial charge in [-0.15, -0.1) is 0 Å². The molecule has 0 saturated carbocycles. The van der Waals surface area contributed by atoms with E-state index in [1.807, 2.05) is 24.3 Å². The first kappa shape index (κ1) is 23.9. The summed E-state index contributed by atoms with van der Waals surface area (Å²) in [6.07, 6.45) is -0.890. The third-order valence-corrected chi connectivity index (χ3v) is 5.92. The summed E-state index contributed by atoms with van der Waals surface area (Å²) in [6.45, 7) is 1.79. The SMILES string of the molecule is CCOC(=O)OC1=NC2C(=C1c1ccc(OC)cc1OCc1ccccc1C(=O)O)Oc1ccccc12. The van der Waals surface area contributed by atoms with Crippen LogP contribution >= 0.6 is 0 Å². The van der Waals surface area contributed by atoms with Gasteiger partial charge in [-0.1, -0.05) is 36.4 Å². The average molecular weight is 501 g/mol. The zero-order valence-corrected chi connectivity index (χ0v) is 20.1. The largest absolute Gasteiger partial charge is 0.515 e. The Morgan fingerprint density at radius 3 is 2.62 bits per heavy atom. The van der Waals surface area contributed by atoms with Gasteiger partial charge in [-0.25, -0.2) is 14.6 Å². The maximum atomic E-state index is 12.2. The summed E-state index contributed by atoms with van der Waals surface area (Å²) < 4.78 is 28.1. The standard InChI is InChI=1S/C28H23NO8/c1-3-34-28(32)37-26-23(25-24(29-26)20-10-6-7-11-21(20)36-25)19-13-12-17(33-2)14-22(19)35-15-16-8-4-5-9-18(16)27(30)31/h4-14,24H,3,15H2,1-2H3,(H,30,31). The van der Waals surface area contributed by atoms with Crippen LogP contribution in [0, 0.1) is 0 Å². The fraction of sp³-hybridized carbons (Fsp3) is 0.179. The van der Waals surface area contributed by atoms with Crippen LogP contribution in [-0.4, -0.2) is 36.8 Å². The molecule has 9 heteroatoms. The van der Waals surface area contributed by atoms with Crippen LogP contribution in [0.5, 0.6) is 17.2 Å². The summed E-state index contributed by atoms with van der Waals surface area (Å²) >= 11 is 0. The van der Waals surface area contributed by atoms with E-state index < -0.39 is 18.2 Å². The second-order valence-electron chi connectivity index (χ2n) is 8.11. The number of benzene rings is 3. The molecule has 9 nitrogen and oxygen atoms in total. The maximum Gasteiger partial charge on any atom is 0.515 e. The lowest BCUT2D eigenvalue weighted by Gasteiger charge is -2.16. The van der Waals surface area contributed by atoms with E-state index >= 15 is 0 Å². The van der Waals surface area contributed by atoms with Crippen molar-refractivity contribution in [3.8, 4) is 17.2 Å². The minimum atomic E-state index is -1.05. The fourth-order valence-electron chi connectivity index (χ4n) is 4.24. The van der Waals surface area contributed by atoms with E-state index in [9.17, 15) is 14.7 Å². The lowest BCUT2D eigenvalue weighted by molar-refractivity contribution is 0.0693. The number of hydrogen-bond acceptors (Lipinski definition) is 8. The quantitative estimate of drug-likeness (QED) is 0.428. The van der Waals surface area contributed by atoms with E-state index in [0.717, 1.165) is 5.56 Å². The number of aromatic carboxylic acids is 1. The number of nitrogens with zero attached hydrogens (tertiary/aromatic N) is 1. The van der Waals surface area contributed by atoms with Crippen LogP contribution in [0.2, 0.25) is 0 Å².